The Morgan fingerprint density at radius 2 is 2.15 bits per heavy atom. The molecule has 7 heteroatoms. The molecular weight excluding hydrogens is 281 g/mol. The number of sulfonamides is 1. The molecule has 1 aliphatic heterocycles. The second-order valence-electron chi connectivity index (χ2n) is 5.87. The van der Waals surface area contributed by atoms with Gasteiger partial charge in [0.25, 0.3) is 10.0 Å². The van der Waals surface area contributed by atoms with Crippen LogP contribution < -0.4 is 10.0 Å². The van der Waals surface area contributed by atoms with Crippen LogP contribution in [0.25, 0.3) is 0 Å². The second kappa shape index (κ2) is 3.72. The van der Waals surface area contributed by atoms with Crippen molar-refractivity contribution in [3.8, 4) is 0 Å². The van der Waals surface area contributed by atoms with Gasteiger partial charge < -0.3 is 5.32 Å². The Kier molecular flexibility index (Phi) is 2.26. The number of guanidine groups is 1. The van der Waals surface area contributed by atoms with E-state index in [4.69, 9.17) is 0 Å². The van der Waals surface area contributed by atoms with E-state index < -0.39 is 15.8 Å². The first kappa shape index (κ1) is 12.1. The van der Waals surface area contributed by atoms with Crippen molar-refractivity contribution < 1.29 is 12.8 Å². The van der Waals surface area contributed by atoms with Crippen molar-refractivity contribution in [2.45, 2.75) is 36.1 Å². The molecule has 3 fully saturated rings. The molecule has 0 atom stereocenters. The molecule has 0 aromatic heterocycles. The van der Waals surface area contributed by atoms with Crippen LogP contribution in [0.5, 0.6) is 0 Å². The molecule has 20 heavy (non-hydrogen) atoms. The number of benzene rings is 1. The summed E-state index contributed by atoms with van der Waals surface area (Å²) in [6, 6.07) is 3.67. The first-order chi connectivity index (χ1) is 9.46. The summed E-state index contributed by atoms with van der Waals surface area (Å²) in [6.45, 7) is 0. The molecule has 0 unspecified atom stereocenters. The number of rotatable bonds is 1. The fourth-order valence-corrected chi connectivity index (χ4v) is 4.63. The molecule has 1 aromatic carbocycles. The standard InChI is InChI=1S/C13H14FN3O2S/c14-9-1-2-10-11(5-9)20(18,19)17-12(15-10)16-13-4-3-8(6-13)7-13/h1-2,5,8H,3-4,6-7H2,(H2,15,16,17). The molecule has 4 aliphatic rings. The van der Waals surface area contributed by atoms with Crippen molar-refractivity contribution in [2.75, 3.05) is 5.32 Å². The Hall–Kier alpha value is -1.63. The fourth-order valence-electron chi connectivity index (χ4n) is 3.49. The van der Waals surface area contributed by atoms with Crippen molar-refractivity contribution in [3.05, 3.63) is 24.0 Å². The van der Waals surface area contributed by atoms with Crippen LogP contribution in [0.3, 0.4) is 0 Å². The second-order valence-corrected chi connectivity index (χ2v) is 7.52. The van der Waals surface area contributed by atoms with Crippen LogP contribution in [-0.4, -0.2) is 19.9 Å². The van der Waals surface area contributed by atoms with Crippen molar-refractivity contribution in [1.82, 2.24) is 4.72 Å². The highest BCUT2D eigenvalue weighted by atomic mass is 32.2. The number of hydrogen-bond donors (Lipinski definition) is 2. The molecule has 0 amide bonds. The van der Waals surface area contributed by atoms with E-state index in [2.05, 4.69) is 15.0 Å². The summed E-state index contributed by atoms with van der Waals surface area (Å²) in [7, 11) is -3.75. The molecule has 3 aliphatic carbocycles. The number of anilines is 1. The molecule has 5 nitrogen and oxygen atoms in total. The van der Waals surface area contributed by atoms with E-state index in [9.17, 15) is 12.8 Å². The topological polar surface area (TPSA) is 70.6 Å². The summed E-state index contributed by atoms with van der Waals surface area (Å²) < 4.78 is 39.8. The Morgan fingerprint density at radius 3 is 2.85 bits per heavy atom. The van der Waals surface area contributed by atoms with Crippen LogP contribution in [0.15, 0.2) is 28.1 Å². The van der Waals surface area contributed by atoms with E-state index in [-0.39, 0.29) is 16.4 Å². The predicted molar refractivity (Wildman–Crippen MR) is 72.5 cm³/mol. The molecule has 3 saturated carbocycles. The summed E-state index contributed by atoms with van der Waals surface area (Å²) in [5, 5.41) is 2.95. The van der Waals surface area contributed by atoms with Gasteiger partial charge in [0.2, 0.25) is 5.96 Å². The molecule has 106 valence electrons. The van der Waals surface area contributed by atoms with E-state index in [0.717, 1.165) is 31.2 Å². The maximum absolute atomic E-state index is 13.2. The Balaban J connectivity index is 1.73. The van der Waals surface area contributed by atoms with E-state index in [1.165, 1.54) is 18.6 Å². The first-order valence-corrected chi connectivity index (χ1v) is 8.13. The zero-order chi connectivity index (χ0) is 14.0. The van der Waals surface area contributed by atoms with E-state index in [1.807, 2.05) is 0 Å². The highest BCUT2D eigenvalue weighted by Crippen LogP contribution is 2.54. The van der Waals surface area contributed by atoms with Gasteiger partial charge in [-0.05, 0) is 49.8 Å². The summed E-state index contributed by atoms with van der Waals surface area (Å²) in [6.07, 6.45) is 4.26. The van der Waals surface area contributed by atoms with Crippen molar-refractivity contribution in [3.63, 3.8) is 0 Å². The van der Waals surface area contributed by atoms with E-state index in [1.54, 1.807) is 0 Å². The minimum Gasteiger partial charge on any atom is -0.324 e. The van der Waals surface area contributed by atoms with Gasteiger partial charge in [0.15, 0.2) is 0 Å². The van der Waals surface area contributed by atoms with Gasteiger partial charge in [0.1, 0.15) is 10.7 Å². The minimum absolute atomic E-state index is 0.0770. The smallest absolute Gasteiger partial charge is 0.266 e. The van der Waals surface area contributed by atoms with E-state index in [0.29, 0.717) is 5.69 Å². The number of fused-ring (bicyclic) bond motifs is 2. The van der Waals surface area contributed by atoms with E-state index >= 15 is 0 Å². The molecular formula is C13H14FN3O2S. The minimum atomic E-state index is -3.75. The molecule has 1 aromatic rings. The molecule has 0 saturated heterocycles. The third kappa shape index (κ3) is 1.72. The molecule has 1 heterocycles. The average molecular weight is 295 g/mol. The van der Waals surface area contributed by atoms with Gasteiger partial charge >= 0.3 is 0 Å². The third-order valence-electron chi connectivity index (χ3n) is 4.42. The summed E-state index contributed by atoms with van der Waals surface area (Å²) in [4.78, 5) is 4.49. The van der Waals surface area contributed by atoms with Crippen molar-refractivity contribution in [2.24, 2.45) is 10.9 Å². The Morgan fingerprint density at radius 1 is 1.35 bits per heavy atom. The van der Waals surface area contributed by atoms with Gasteiger partial charge in [0.05, 0.1) is 11.2 Å². The lowest BCUT2D eigenvalue weighted by Crippen LogP contribution is -2.44. The number of halogens is 1. The summed E-state index contributed by atoms with van der Waals surface area (Å²) in [5.74, 6) is 0.429. The van der Waals surface area contributed by atoms with Gasteiger partial charge in [-0.15, -0.1) is 0 Å². The quantitative estimate of drug-likeness (QED) is 0.830. The third-order valence-corrected chi connectivity index (χ3v) is 5.80. The number of aliphatic imine (C=N–C) groups is 1. The average Bonchev–Trinajstić information content (AvgIpc) is 2.89. The molecule has 0 radical (unpaired) electrons. The number of hydrogen-bond acceptors (Lipinski definition) is 3. The van der Waals surface area contributed by atoms with Gasteiger partial charge in [-0.25, -0.2) is 22.5 Å². The highest BCUT2D eigenvalue weighted by Gasteiger charge is 2.51. The molecule has 5 rings (SSSR count). The SMILES string of the molecule is O=S1(=O)NC(=NC23CCC(C2)C3)Nc2ccc(F)cc21. The van der Waals surface area contributed by atoms with Crippen molar-refractivity contribution in [1.29, 1.82) is 0 Å². The lowest BCUT2D eigenvalue weighted by Gasteiger charge is -2.36. The van der Waals surface area contributed by atoms with Crippen LogP contribution >= 0.6 is 0 Å². The van der Waals surface area contributed by atoms with Crippen LogP contribution in [0.2, 0.25) is 0 Å². The lowest BCUT2D eigenvalue weighted by molar-refractivity contribution is 0.250. The Labute approximate surface area is 116 Å². The monoisotopic (exact) mass is 295 g/mol. The van der Waals surface area contributed by atoms with Crippen molar-refractivity contribution >= 4 is 21.7 Å². The lowest BCUT2D eigenvalue weighted by atomic mass is 9.78. The van der Waals surface area contributed by atoms with Gasteiger partial charge in [-0.2, -0.15) is 0 Å². The highest BCUT2D eigenvalue weighted by molar-refractivity contribution is 7.90. The largest absolute Gasteiger partial charge is 0.324 e. The predicted octanol–water partition coefficient (Wildman–Crippen LogP) is 1.83. The van der Waals surface area contributed by atoms with Crippen LogP contribution in [-0.2, 0) is 10.0 Å². The Bertz CT molecular complexity index is 718. The molecule has 0 spiro atoms. The molecule has 2 N–H and O–H groups in total. The first-order valence-electron chi connectivity index (χ1n) is 6.65. The van der Waals surface area contributed by atoms with Gasteiger partial charge in [-0.1, -0.05) is 0 Å². The maximum Gasteiger partial charge on any atom is 0.266 e. The maximum atomic E-state index is 13.2. The zero-order valence-corrected chi connectivity index (χ0v) is 11.5. The summed E-state index contributed by atoms with van der Waals surface area (Å²) in [5.41, 5.74) is 0.279. The van der Waals surface area contributed by atoms with Gasteiger partial charge in [0, 0.05) is 0 Å². The zero-order valence-electron chi connectivity index (χ0n) is 10.7. The fraction of sp³-hybridized carbons (Fsp3) is 0.462. The van der Waals surface area contributed by atoms with Crippen LogP contribution in [0.4, 0.5) is 10.1 Å². The van der Waals surface area contributed by atoms with Crippen LogP contribution in [0, 0.1) is 11.7 Å². The number of nitrogens with zero attached hydrogens (tertiary/aromatic N) is 1. The molecule has 2 bridgehead atoms. The normalized spacial score (nSPS) is 34.9. The number of nitrogens with one attached hydrogen (secondary N) is 2. The van der Waals surface area contributed by atoms with Gasteiger partial charge in [-0.3, -0.25) is 0 Å². The van der Waals surface area contributed by atoms with Crippen LogP contribution in [0.1, 0.15) is 25.7 Å². The summed E-state index contributed by atoms with van der Waals surface area (Å²) >= 11 is 0.